The molecule has 1 aliphatic rings. The zero-order valence-corrected chi connectivity index (χ0v) is 19.5. The molecule has 1 aliphatic heterocycles. The molecular formula is C25H31FN6O. The number of nitrogens with zero attached hydrogens (tertiary/aromatic N) is 6. The molecule has 0 spiro atoms. The van der Waals surface area contributed by atoms with Crippen molar-refractivity contribution < 1.29 is 9.18 Å². The van der Waals surface area contributed by atoms with E-state index in [0.717, 1.165) is 30.6 Å². The van der Waals surface area contributed by atoms with Crippen molar-refractivity contribution >= 4 is 5.91 Å². The van der Waals surface area contributed by atoms with Crippen LogP contribution in [0.25, 0.3) is 0 Å². The lowest BCUT2D eigenvalue weighted by atomic mass is 9.84. The normalized spacial score (nSPS) is 15.7. The second kappa shape index (κ2) is 10.2. The molecule has 4 rings (SSSR count). The number of amides is 1. The van der Waals surface area contributed by atoms with Crippen LogP contribution < -0.4 is 0 Å². The van der Waals surface area contributed by atoms with Gasteiger partial charge in [0.05, 0.1) is 11.9 Å². The van der Waals surface area contributed by atoms with Gasteiger partial charge < -0.3 is 4.90 Å². The third-order valence-corrected chi connectivity index (χ3v) is 6.64. The molecule has 0 radical (unpaired) electrons. The Bertz CT molecular complexity index is 1080. The molecule has 1 saturated heterocycles. The van der Waals surface area contributed by atoms with Crippen molar-refractivity contribution in [3.8, 4) is 0 Å². The summed E-state index contributed by atoms with van der Waals surface area (Å²) in [7, 11) is 4.03. The van der Waals surface area contributed by atoms with Gasteiger partial charge in [-0.2, -0.15) is 5.10 Å². The summed E-state index contributed by atoms with van der Waals surface area (Å²) in [5.74, 6) is 0.104. The Morgan fingerprint density at radius 2 is 1.97 bits per heavy atom. The highest BCUT2D eigenvalue weighted by Gasteiger charge is 2.32. The topological polar surface area (TPSA) is 67.2 Å². The molecule has 0 saturated carbocycles. The first kappa shape index (κ1) is 23.0. The molecule has 1 aromatic carbocycles. The molecule has 2 aromatic heterocycles. The lowest BCUT2D eigenvalue weighted by Crippen LogP contribution is -2.46. The Kier molecular flexibility index (Phi) is 7.13. The highest BCUT2D eigenvalue weighted by molar-refractivity contribution is 5.92. The summed E-state index contributed by atoms with van der Waals surface area (Å²) in [5.41, 5.74) is 3.30. The number of carbonyl (C=O) groups excluding carboxylic acids is 1. The van der Waals surface area contributed by atoms with Crippen LogP contribution in [0.3, 0.4) is 0 Å². The van der Waals surface area contributed by atoms with Crippen LogP contribution in [0.15, 0.2) is 49.1 Å². The van der Waals surface area contributed by atoms with E-state index in [9.17, 15) is 9.18 Å². The van der Waals surface area contributed by atoms with Gasteiger partial charge in [0.2, 0.25) is 0 Å². The van der Waals surface area contributed by atoms with Crippen molar-refractivity contribution in [3.05, 3.63) is 77.4 Å². The third-order valence-electron chi connectivity index (χ3n) is 6.64. The van der Waals surface area contributed by atoms with Gasteiger partial charge in [0.1, 0.15) is 11.5 Å². The van der Waals surface area contributed by atoms with Gasteiger partial charge in [0, 0.05) is 56.9 Å². The van der Waals surface area contributed by atoms with Crippen molar-refractivity contribution in [1.82, 2.24) is 29.5 Å². The molecule has 0 bridgehead atoms. The summed E-state index contributed by atoms with van der Waals surface area (Å²) in [6, 6.07) is 7.17. The number of hydrogen-bond acceptors (Lipinski definition) is 5. The van der Waals surface area contributed by atoms with E-state index in [2.05, 4.69) is 27.0 Å². The van der Waals surface area contributed by atoms with Crippen molar-refractivity contribution in [2.24, 2.45) is 13.0 Å². The van der Waals surface area contributed by atoms with Crippen LogP contribution in [0.2, 0.25) is 0 Å². The highest BCUT2D eigenvalue weighted by Crippen LogP contribution is 2.28. The maximum absolute atomic E-state index is 14.5. The number of carbonyl (C=O) groups is 1. The van der Waals surface area contributed by atoms with E-state index in [0.29, 0.717) is 31.1 Å². The number of likely N-dealkylation sites (N-methyl/N-ethyl adjacent to an activating group) is 1. The van der Waals surface area contributed by atoms with Gasteiger partial charge in [0.15, 0.2) is 0 Å². The molecule has 1 amide bonds. The van der Waals surface area contributed by atoms with Crippen LogP contribution in [0.5, 0.6) is 0 Å². The second-order valence-corrected chi connectivity index (χ2v) is 8.91. The van der Waals surface area contributed by atoms with E-state index in [1.807, 2.05) is 41.9 Å². The molecule has 0 N–H and O–H groups in total. The summed E-state index contributed by atoms with van der Waals surface area (Å²) < 4.78 is 16.4. The van der Waals surface area contributed by atoms with Gasteiger partial charge in [-0.05, 0) is 50.8 Å². The van der Waals surface area contributed by atoms with Crippen LogP contribution in [0, 0.1) is 18.7 Å². The summed E-state index contributed by atoms with van der Waals surface area (Å²) >= 11 is 0. The Hall–Kier alpha value is -3.13. The van der Waals surface area contributed by atoms with E-state index in [4.69, 9.17) is 0 Å². The molecule has 1 atom stereocenters. The molecule has 7 nitrogen and oxygen atoms in total. The van der Waals surface area contributed by atoms with E-state index in [1.54, 1.807) is 18.5 Å². The number of aryl methyl sites for hydroxylation is 2. The maximum Gasteiger partial charge on any atom is 0.274 e. The molecule has 174 valence electrons. The van der Waals surface area contributed by atoms with Gasteiger partial charge in [-0.15, -0.1) is 0 Å². The van der Waals surface area contributed by atoms with Crippen molar-refractivity contribution in [3.63, 3.8) is 0 Å². The van der Waals surface area contributed by atoms with Gasteiger partial charge in [-0.1, -0.05) is 18.2 Å². The largest absolute Gasteiger partial charge is 0.337 e. The minimum atomic E-state index is -0.163. The first-order valence-electron chi connectivity index (χ1n) is 11.4. The van der Waals surface area contributed by atoms with Crippen molar-refractivity contribution in [2.45, 2.75) is 38.8 Å². The predicted molar refractivity (Wildman–Crippen MR) is 124 cm³/mol. The number of aromatic nitrogens is 4. The molecule has 0 aliphatic carbocycles. The van der Waals surface area contributed by atoms with E-state index in [1.165, 1.54) is 17.8 Å². The minimum absolute atomic E-state index is 0.0773. The summed E-state index contributed by atoms with van der Waals surface area (Å²) in [6.07, 6.45) is 9.03. The smallest absolute Gasteiger partial charge is 0.274 e. The summed E-state index contributed by atoms with van der Waals surface area (Å²) in [5, 5.41) is 4.47. The van der Waals surface area contributed by atoms with Crippen LogP contribution in [0.1, 0.15) is 40.2 Å². The number of hydrogen-bond donors (Lipinski definition) is 0. The number of likely N-dealkylation sites (tertiary alicyclic amines) is 1. The van der Waals surface area contributed by atoms with E-state index >= 15 is 0 Å². The summed E-state index contributed by atoms with van der Waals surface area (Å²) in [6.45, 7) is 4.09. The lowest BCUT2D eigenvalue weighted by molar-refractivity contribution is 0.0596. The first-order chi connectivity index (χ1) is 15.9. The van der Waals surface area contributed by atoms with Crippen LogP contribution in [-0.2, 0) is 20.0 Å². The number of piperidine rings is 1. The second-order valence-electron chi connectivity index (χ2n) is 8.91. The molecule has 33 heavy (non-hydrogen) atoms. The number of halogens is 1. The Morgan fingerprint density at radius 1 is 1.21 bits per heavy atom. The first-order valence-corrected chi connectivity index (χ1v) is 11.4. The molecule has 3 aromatic rings. The molecular weight excluding hydrogens is 419 g/mol. The Morgan fingerprint density at radius 3 is 2.61 bits per heavy atom. The monoisotopic (exact) mass is 450 g/mol. The zero-order chi connectivity index (χ0) is 23.4. The van der Waals surface area contributed by atoms with Crippen LogP contribution in [0.4, 0.5) is 4.39 Å². The number of benzene rings is 1. The van der Waals surface area contributed by atoms with Crippen LogP contribution >= 0.6 is 0 Å². The molecule has 3 heterocycles. The zero-order valence-electron chi connectivity index (χ0n) is 19.5. The third kappa shape index (κ3) is 5.45. The van der Waals surface area contributed by atoms with Gasteiger partial charge in [0.25, 0.3) is 5.91 Å². The highest BCUT2D eigenvalue weighted by atomic mass is 19.1. The maximum atomic E-state index is 14.5. The van der Waals surface area contributed by atoms with Crippen LogP contribution in [-0.4, -0.2) is 61.6 Å². The fraction of sp³-hybridized carbons (Fsp3) is 0.440. The molecule has 1 fully saturated rings. The molecule has 1 unspecified atom stereocenters. The number of rotatable bonds is 7. The minimum Gasteiger partial charge on any atom is -0.337 e. The average Bonchev–Trinajstić information content (AvgIpc) is 3.15. The fourth-order valence-corrected chi connectivity index (χ4v) is 4.82. The Labute approximate surface area is 194 Å². The SMILES string of the molecule is Cc1nn(C)cc1CN(C)C(Cc1ccccc1F)C1CCN(C(=O)c2cnccn2)CC1. The molecule has 8 heteroatoms. The van der Waals surface area contributed by atoms with Gasteiger partial charge >= 0.3 is 0 Å². The van der Waals surface area contributed by atoms with E-state index in [-0.39, 0.29) is 17.8 Å². The lowest BCUT2D eigenvalue weighted by Gasteiger charge is -2.40. The standard InChI is InChI=1S/C25H31FN6O/c1-18-21(17-31(3)29-18)16-30(2)24(14-20-6-4-5-7-22(20)26)19-8-12-32(13-9-19)25(33)23-15-27-10-11-28-23/h4-7,10-11,15,17,19,24H,8-9,12-14,16H2,1-3H3. The van der Waals surface area contributed by atoms with Crippen molar-refractivity contribution in [2.75, 3.05) is 20.1 Å². The van der Waals surface area contributed by atoms with Crippen molar-refractivity contribution in [1.29, 1.82) is 0 Å². The quantitative estimate of drug-likeness (QED) is 0.553. The average molecular weight is 451 g/mol. The Balaban J connectivity index is 1.49. The van der Waals surface area contributed by atoms with Gasteiger partial charge in [-0.25, -0.2) is 9.37 Å². The fourth-order valence-electron chi connectivity index (χ4n) is 4.82. The van der Waals surface area contributed by atoms with Gasteiger partial charge in [-0.3, -0.25) is 19.4 Å². The summed E-state index contributed by atoms with van der Waals surface area (Å²) in [4.78, 5) is 25.1. The predicted octanol–water partition coefficient (Wildman–Crippen LogP) is 3.25. The van der Waals surface area contributed by atoms with E-state index < -0.39 is 0 Å².